The maximum atomic E-state index is 13.8. The number of aryl methyl sites for hydroxylation is 1. The summed E-state index contributed by atoms with van der Waals surface area (Å²) in [7, 11) is 3.55. The number of anilines is 2. The van der Waals surface area contributed by atoms with Gasteiger partial charge in [-0.2, -0.15) is 19.9 Å². The molecular formula is C17H19FN8O2. The highest BCUT2D eigenvalue weighted by atomic mass is 19.1. The van der Waals surface area contributed by atoms with Gasteiger partial charge in [0, 0.05) is 26.9 Å². The zero-order valence-electron chi connectivity index (χ0n) is 15.4. The van der Waals surface area contributed by atoms with Crippen molar-refractivity contribution in [1.82, 2.24) is 30.4 Å². The smallest absolute Gasteiger partial charge is 0.229 e. The van der Waals surface area contributed by atoms with Gasteiger partial charge in [-0.1, -0.05) is 17.3 Å². The average molecular weight is 386 g/mol. The van der Waals surface area contributed by atoms with Gasteiger partial charge < -0.3 is 20.5 Å². The molecule has 0 unspecified atom stereocenters. The Labute approximate surface area is 160 Å². The minimum atomic E-state index is -0.443. The van der Waals surface area contributed by atoms with Gasteiger partial charge in [-0.25, -0.2) is 4.39 Å². The summed E-state index contributed by atoms with van der Waals surface area (Å²) >= 11 is 0. The first kappa shape index (κ1) is 19.1. The van der Waals surface area contributed by atoms with Crippen LogP contribution in [0.2, 0.25) is 0 Å². The lowest BCUT2D eigenvalue weighted by Crippen LogP contribution is -2.25. The summed E-state index contributed by atoms with van der Waals surface area (Å²) in [5, 5.41) is 6.45. The van der Waals surface area contributed by atoms with Gasteiger partial charge >= 0.3 is 0 Å². The summed E-state index contributed by atoms with van der Waals surface area (Å²) in [6, 6.07) is 6.12. The highest BCUT2D eigenvalue weighted by Gasteiger charge is 2.14. The van der Waals surface area contributed by atoms with Gasteiger partial charge in [0.15, 0.2) is 5.82 Å². The topological polar surface area (TPSA) is 136 Å². The summed E-state index contributed by atoms with van der Waals surface area (Å²) < 4.78 is 18.8. The molecule has 0 aliphatic rings. The molecule has 1 aromatic carbocycles. The van der Waals surface area contributed by atoms with E-state index in [1.54, 1.807) is 37.2 Å². The Kier molecular flexibility index (Phi) is 5.72. The zero-order valence-corrected chi connectivity index (χ0v) is 15.4. The van der Waals surface area contributed by atoms with Crippen molar-refractivity contribution in [3.8, 4) is 11.4 Å². The second-order valence-corrected chi connectivity index (χ2v) is 6.07. The molecule has 3 N–H and O–H groups in total. The Morgan fingerprint density at radius 1 is 1.21 bits per heavy atom. The molecule has 28 heavy (non-hydrogen) atoms. The largest absolute Gasteiger partial charge is 0.368 e. The number of halogens is 1. The van der Waals surface area contributed by atoms with Crippen LogP contribution in [0.3, 0.4) is 0 Å². The minimum Gasteiger partial charge on any atom is -0.368 e. The second-order valence-electron chi connectivity index (χ2n) is 6.07. The average Bonchev–Trinajstić information content (AvgIpc) is 3.13. The van der Waals surface area contributed by atoms with Crippen molar-refractivity contribution in [3.05, 3.63) is 41.8 Å². The highest BCUT2D eigenvalue weighted by molar-refractivity contribution is 5.75. The van der Waals surface area contributed by atoms with Gasteiger partial charge in [0.25, 0.3) is 0 Å². The molecule has 0 saturated carbocycles. The Bertz CT molecular complexity index is 975. The van der Waals surface area contributed by atoms with Crippen molar-refractivity contribution < 1.29 is 13.7 Å². The summed E-state index contributed by atoms with van der Waals surface area (Å²) in [6.07, 6.45) is 0.329. The fourth-order valence-corrected chi connectivity index (χ4v) is 2.30. The SMILES string of the molecule is CN(C)c1nc(N)nc(CNC(=O)CCc2nc(-c3ccccc3F)no2)n1. The standard InChI is InChI=1S/C17H19FN8O2/c1-26(2)17-22-12(21-16(19)24-17)9-20-13(27)7-8-14-23-15(25-28-14)10-5-3-4-6-11(10)18/h3-6H,7-9H2,1-2H3,(H,20,27)(H2,19,21,22,24). The Morgan fingerprint density at radius 2 is 2.00 bits per heavy atom. The maximum absolute atomic E-state index is 13.8. The van der Waals surface area contributed by atoms with Crippen LogP contribution in [0.15, 0.2) is 28.8 Å². The fraction of sp³-hybridized carbons (Fsp3) is 0.294. The van der Waals surface area contributed by atoms with E-state index in [4.69, 9.17) is 10.3 Å². The molecule has 146 valence electrons. The van der Waals surface area contributed by atoms with Crippen molar-refractivity contribution in [3.63, 3.8) is 0 Å². The van der Waals surface area contributed by atoms with Crippen LogP contribution in [-0.4, -0.2) is 45.1 Å². The van der Waals surface area contributed by atoms with E-state index in [-0.39, 0.29) is 48.5 Å². The summed E-state index contributed by atoms with van der Waals surface area (Å²) in [6.45, 7) is 0.108. The molecule has 1 amide bonds. The van der Waals surface area contributed by atoms with Gasteiger partial charge in [-0.05, 0) is 12.1 Å². The van der Waals surface area contributed by atoms with Gasteiger partial charge in [0.1, 0.15) is 5.82 Å². The van der Waals surface area contributed by atoms with E-state index in [9.17, 15) is 9.18 Å². The third-order valence-corrected chi connectivity index (χ3v) is 3.68. The number of hydrogen-bond acceptors (Lipinski definition) is 9. The molecule has 0 saturated heterocycles. The summed E-state index contributed by atoms with van der Waals surface area (Å²) in [5.74, 6) is 0.525. The predicted octanol–water partition coefficient (Wildman–Crippen LogP) is 0.958. The Hall–Kier alpha value is -3.63. The summed E-state index contributed by atoms with van der Waals surface area (Å²) in [4.78, 5) is 30.0. The molecule has 0 fully saturated rings. The molecule has 0 radical (unpaired) electrons. The lowest BCUT2D eigenvalue weighted by atomic mass is 10.2. The molecule has 0 bridgehead atoms. The number of nitrogens with one attached hydrogen (secondary N) is 1. The Morgan fingerprint density at radius 3 is 2.75 bits per heavy atom. The van der Waals surface area contributed by atoms with Crippen molar-refractivity contribution >= 4 is 17.8 Å². The number of rotatable bonds is 7. The molecule has 0 aliphatic heterocycles. The summed E-state index contributed by atoms with van der Waals surface area (Å²) in [5.41, 5.74) is 5.89. The van der Waals surface area contributed by atoms with E-state index < -0.39 is 5.82 Å². The number of aromatic nitrogens is 5. The van der Waals surface area contributed by atoms with E-state index in [2.05, 4.69) is 30.4 Å². The lowest BCUT2D eigenvalue weighted by molar-refractivity contribution is -0.121. The van der Waals surface area contributed by atoms with E-state index >= 15 is 0 Å². The second kappa shape index (κ2) is 8.37. The van der Waals surface area contributed by atoms with Crippen molar-refractivity contribution in [2.45, 2.75) is 19.4 Å². The first-order chi connectivity index (χ1) is 13.4. The first-order valence-corrected chi connectivity index (χ1v) is 8.44. The first-order valence-electron chi connectivity index (χ1n) is 8.44. The molecule has 10 nitrogen and oxygen atoms in total. The number of amides is 1. The van der Waals surface area contributed by atoms with Gasteiger partial charge in [0.2, 0.25) is 29.5 Å². The van der Waals surface area contributed by atoms with Crippen LogP contribution in [-0.2, 0) is 17.8 Å². The minimum absolute atomic E-state index is 0.0782. The quantitative estimate of drug-likeness (QED) is 0.608. The van der Waals surface area contributed by atoms with Crippen molar-refractivity contribution in [2.24, 2.45) is 0 Å². The van der Waals surface area contributed by atoms with E-state index in [0.717, 1.165) is 0 Å². The third kappa shape index (κ3) is 4.75. The Balaban J connectivity index is 1.53. The molecule has 3 rings (SSSR count). The highest BCUT2D eigenvalue weighted by Crippen LogP contribution is 2.19. The third-order valence-electron chi connectivity index (χ3n) is 3.68. The number of carbonyl (C=O) groups excluding carboxylic acids is 1. The monoisotopic (exact) mass is 386 g/mol. The van der Waals surface area contributed by atoms with Crippen molar-refractivity contribution in [1.29, 1.82) is 0 Å². The number of carbonyl (C=O) groups is 1. The molecule has 2 aromatic heterocycles. The van der Waals surface area contributed by atoms with Gasteiger partial charge in [-0.3, -0.25) is 4.79 Å². The molecule has 2 heterocycles. The maximum Gasteiger partial charge on any atom is 0.229 e. The normalized spacial score (nSPS) is 10.7. The fourth-order valence-electron chi connectivity index (χ4n) is 2.30. The molecule has 11 heteroatoms. The molecular weight excluding hydrogens is 367 g/mol. The van der Waals surface area contributed by atoms with Crippen LogP contribution in [0.25, 0.3) is 11.4 Å². The number of hydrogen-bond donors (Lipinski definition) is 2. The number of nitrogen functional groups attached to an aromatic ring is 1. The van der Waals surface area contributed by atoms with Crippen LogP contribution < -0.4 is 16.0 Å². The zero-order chi connectivity index (χ0) is 20.1. The molecule has 0 atom stereocenters. The van der Waals surface area contributed by atoms with E-state index in [1.807, 2.05) is 0 Å². The molecule has 0 aliphatic carbocycles. The predicted molar refractivity (Wildman–Crippen MR) is 98.4 cm³/mol. The van der Waals surface area contributed by atoms with Crippen LogP contribution in [0.1, 0.15) is 18.1 Å². The lowest BCUT2D eigenvalue weighted by Gasteiger charge is -2.11. The van der Waals surface area contributed by atoms with Gasteiger partial charge in [0.05, 0.1) is 12.1 Å². The molecule has 3 aromatic rings. The van der Waals surface area contributed by atoms with Crippen LogP contribution in [0.4, 0.5) is 16.3 Å². The molecule has 0 spiro atoms. The van der Waals surface area contributed by atoms with Crippen LogP contribution >= 0.6 is 0 Å². The van der Waals surface area contributed by atoms with Gasteiger partial charge in [-0.15, -0.1) is 0 Å². The number of benzene rings is 1. The van der Waals surface area contributed by atoms with Crippen LogP contribution in [0.5, 0.6) is 0 Å². The van der Waals surface area contributed by atoms with E-state index in [0.29, 0.717) is 11.8 Å². The van der Waals surface area contributed by atoms with Crippen LogP contribution in [0, 0.1) is 5.82 Å². The van der Waals surface area contributed by atoms with Crippen molar-refractivity contribution in [2.75, 3.05) is 24.7 Å². The van der Waals surface area contributed by atoms with E-state index in [1.165, 1.54) is 6.07 Å². The number of nitrogens with zero attached hydrogens (tertiary/aromatic N) is 6. The number of nitrogens with two attached hydrogens (primary N) is 1.